The van der Waals surface area contributed by atoms with Crippen molar-refractivity contribution < 1.29 is 18.7 Å². The summed E-state index contributed by atoms with van der Waals surface area (Å²) in [5.41, 5.74) is 4.54. The molecule has 3 rings (SSSR count). The second-order valence-electron chi connectivity index (χ2n) is 6.06. The predicted molar refractivity (Wildman–Crippen MR) is 96.8 cm³/mol. The van der Waals surface area contributed by atoms with Crippen LogP contribution in [0.1, 0.15) is 34.7 Å². The predicted octanol–water partition coefficient (Wildman–Crippen LogP) is 3.38. The van der Waals surface area contributed by atoms with Gasteiger partial charge in [-0.15, -0.1) is 0 Å². The van der Waals surface area contributed by atoms with Crippen molar-refractivity contribution in [3.05, 3.63) is 70.8 Å². The van der Waals surface area contributed by atoms with Gasteiger partial charge in [0.05, 0.1) is 6.04 Å². The van der Waals surface area contributed by atoms with Crippen LogP contribution in [0.15, 0.2) is 48.5 Å². The van der Waals surface area contributed by atoms with Crippen LogP contribution in [-0.2, 0) is 22.5 Å². The van der Waals surface area contributed by atoms with Gasteiger partial charge in [0.25, 0.3) is 0 Å². The first-order valence-corrected chi connectivity index (χ1v) is 8.98. The Hall–Kier alpha value is -2.44. The summed E-state index contributed by atoms with van der Waals surface area (Å²) in [4.78, 5) is 10.6. The van der Waals surface area contributed by atoms with E-state index in [0.717, 1.165) is 34.8 Å². The molecule has 1 aliphatic rings. The average molecular weight is 356 g/mol. The zero-order valence-corrected chi connectivity index (χ0v) is 14.5. The van der Waals surface area contributed by atoms with Crippen LogP contribution in [0.2, 0.25) is 0 Å². The lowest BCUT2D eigenvalue weighted by atomic mass is 10.0. The van der Waals surface area contributed by atoms with Crippen molar-refractivity contribution in [2.24, 2.45) is 0 Å². The third-order valence-corrected chi connectivity index (χ3v) is 5.15. The number of aliphatic carboxylic acids is 1. The Morgan fingerprint density at radius 1 is 1.28 bits per heavy atom. The lowest BCUT2D eigenvalue weighted by molar-refractivity contribution is -0.131. The molecule has 2 unspecified atom stereocenters. The SMILES string of the molecule is Cc1ccc(N(C2CCc3cc(/C=C/C(=O)O)ccc32)S(=O)[O-])cc1. The minimum absolute atomic E-state index is 0.242. The molecule has 6 heteroatoms. The monoisotopic (exact) mass is 356 g/mol. The van der Waals surface area contributed by atoms with Crippen LogP contribution in [0.4, 0.5) is 5.69 Å². The Morgan fingerprint density at radius 2 is 2.00 bits per heavy atom. The summed E-state index contributed by atoms with van der Waals surface area (Å²) < 4.78 is 25.2. The van der Waals surface area contributed by atoms with Crippen LogP contribution in [0.25, 0.3) is 6.08 Å². The van der Waals surface area contributed by atoms with Gasteiger partial charge in [-0.1, -0.05) is 35.9 Å². The molecule has 0 saturated heterocycles. The Morgan fingerprint density at radius 3 is 2.64 bits per heavy atom. The maximum Gasteiger partial charge on any atom is 0.328 e. The van der Waals surface area contributed by atoms with Crippen molar-refractivity contribution >= 4 is 29.0 Å². The standard InChI is InChI=1S/C19H19NO4S/c1-13-2-7-16(8-3-13)20(25(23)24)18-10-6-15-12-14(4-9-17(15)18)5-11-19(21)22/h2-5,7-9,11-12,18H,6,10H2,1H3,(H,21,22)(H,23,24)/p-1/b11-5+. The van der Waals surface area contributed by atoms with Crippen molar-refractivity contribution in [3.8, 4) is 0 Å². The summed E-state index contributed by atoms with van der Waals surface area (Å²) in [5.74, 6) is -0.995. The molecule has 0 amide bonds. The molecule has 0 fully saturated rings. The summed E-state index contributed by atoms with van der Waals surface area (Å²) in [5, 5.41) is 8.73. The molecule has 0 bridgehead atoms. The first kappa shape index (κ1) is 17.4. The Kier molecular flexibility index (Phi) is 5.01. The molecule has 130 valence electrons. The molecular formula is C19H18NO4S-. The summed E-state index contributed by atoms with van der Waals surface area (Å²) >= 11 is -2.38. The van der Waals surface area contributed by atoms with Crippen molar-refractivity contribution in [1.29, 1.82) is 0 Å². The van der Waals surface area contributed by atoms with Crippen LogP contribution >= 0.6 is 0 Å². The zero-order chi connectivity index (χ0) is 18.0. The molecule has 0 heterocycles. The Labute approximate surface area is 149 Å². The molecule has 1 N–H and O–H groups in total. The highest BCUT2D eigenvalue weighted by Gasteiger charge is 2.29. The quantitative estimate of drug-likeness (QED) is 0.658. The average Bonchev–Trinajstić information content (AvgIpc) is 2.98. The number of anilines is 1. The van der Waals surface area contributed by atoms with Gasteiger partial charge in [0.15, 0.2) is 0 Å². The Balaban J connectivity index is 1.93. The molecule has 0 radical (unpaired) electrons. The fraction of sp³-hybridized carbons (Fsp3) is 0.211. The molecule has 2 atom stereocenters. The van der Waals surface area contributed by atoms with Gasteiger partial charge in [0.1, 0.15) is 0 Å². The zero-order valence-electron chi connectivity index (χ0n) is 13.7. The number of benzene rings is 2. The molecule has 0 spiro atoms. The van der Waals surface area contributed by atoms with Gasteiger partial charge in [-0.25, -0.2) is 4.79 Å². The van der Waals surface area contributed by atoms with Crippen molar-refractivity contribution in [3.63, 3.8) is 0 Å². The lowest BCUT2D eigenvalue weighted by Crippen LogP contribution is -2.29. The summed E-state index contributed by atoms with van der Waals surface area (Å²) in [7, 11) is 0. The fourth-order valence-electron chi connectivity index (χ4n) is 3.19. The van der Waals surface area contributed by atoms with E-state index in [0.29, 0.717) is 12.1 Å². The van der Waals surface area contributed by atoms with Crippen LogP contribution in [0, 0.1) is 6.92 Å². The minimum atomic E-state index is -2.38. The maximum atomic E-state index is 11.9. The summed E-state index contributed by atoms with van der Waals surface area (Å²) in [6.07, 6.45) is 4.09. The molecule has 1 aliphatic carbocycles. The number of hydrogen-bond acceptors (Lipinski definition) is 3. The smallest absolute Gasteiger partial charge is 0.328 e. The molecule has 0 aromatic heterocycles. The molecular weight excluding hydrogens is 338 g/mol. The van der Waals surface area contributed by atoms with E-state index in [1.165, 1.54) is 4.31 Å². The highest BCUT2D eigenvalue weighted by atomic mass is 32.2. The summed E-state index contributed by atoms with van der Waals surface area (Å²) in [6, 6.07) is 12.8. The number of rotatable bonds is 5. The first-order chi connectivity index (χ1) is 12.0. The van der Waals surface area contributed by atoms with Crippen molar-refractivity contribution in [2.75, 3.05) is 4.31 Å². The number of aryl methyl sites for hydroxylation is 2. The van der Waals surface area contributed by atoms with Gasteiger partial charge in [-0.2, -0.15) is 0 Å². The minimum Gasteiger partial charge on any atom is -0.755 e. The van der Waals surface area contributed by atoms with Crippen LogP contribution in [0.3, 0.4) is 0 Å². The number of carbonyl (C=O) groups is 1. The van der Waals surface area contributed by atoms with Crippen LogP contribution in [-0.4, -0.2) is 19.8 Å². The molecule has 5 nitrogen and oxygen atoms in total. The number of fused-ring (bicyclic) bond motifs is 1. The van der Waals surface area contributed by atoms with Gasteiger partial charge in [0, 0.05) is 23.0 Å². The molecule has 2 aromatic rings. The fourth-order valence-corrected chi connectivity index (χ4v) is 3.91. The number of hydrogen-bond donors (Lipinski definition) is 1. The second kappa shape index (κ2) is 7.21. The third kappa shape index (κ3) is 3.81. The van der Waals surface area contributed by atoms with Gasteiger partial charge < -0.3 is 9.66 Å². The van der Waals surface area contributed by atoms with E-state index >= 15 is 0 Å². The van der Waals surface area contributed by atoms with E-state index in [2.05, 4.69) is 0 Å². The van der Waals surface area contributed by atoms with Gasteiger partial charge in [-0.3, -0.25) is 8.51 Å². The van der Waals surface area contributed by atoms with Gasteiger partial charge >= 0.3 is 5.97 Å². The van der Waals surface area contributed by atoms with E-state index in [-0.39, 0.29) is 6.04 Å². The van der Waals surface area contributed by atoms with E-state index in [1.54, 1.807) is 6.08 Å². The van der Waals surface area contributed by atoms with Crippen LogP contribution < -0.4 is 4.31 Å². The van der Waals surface area contributed by atoms with E-state index < -0.39 is 17.2 Å². The maximum absolute atomic E-state index is 11.9. The first-order valence-electron chi connectivity index (χ1n) is 7.95. The molecule has 25 heavy (non-hydrogen) atoms. The van der Waals surface area contributed by atoms with Crippen LogP contribution in [0.5, 0.6) is 0 Å². The highest BCUT2D eigenvalue weighted by molar-refractivity contribution is 7.80. The van der Waals surface area contributed by atoms with E-state index in [1.807, 2.05) is 49.4 Å². The van der Waals surface area contributed by atoms with E-state index in [4.69, 9.17) is 5.11 Å². The lowest BCUT2D eigenvalue weighted by Gasteiger charge is -2.33. The summed E-state index contributed by atoms with van der Waals surface area (Å²) in [6.45, 7) is 1.96. The second-order valence-corrected chi connectivity index (χ2v) is 6.89. The molecule has 0 saturated carbocycles. The number of carboxylic acid groups (broad SMARTS) is 1. The van der Waals surface area contributed by atoms with Gasteiger partial charge in [-0.05, 0) is 54.7 Å². The highest BCUT2D eigenvalue weighted by Crippen LogP contribution is 2.39. The molecule has 2 aromatic carbocycles. The largest absolute Gasteiger partial charge is 0.755 e. The van der Waals surface area contributed by atoms with Gasteiger partial charge in [0.2, 0.25) is 0 Å². The van der Waals surface area contributed by atoms with E-state index in [9.17, 15) is 13.6 Å². The third-order valence-electron chi connectivity index (χ3n) is 4.36. The molecule has 0 aliphatic heterocycles. The Bertz CT molecular complexity index is 845. The number of nitrogens with zero attached hydrogens (tertiary/aromatic N) is 1. The van der Waals surface area contributed by atoms with Crippen molar-refractivity contribution in [1.82, 2.24) is 0 Å². The number of carboxylic acids is 1. The normalized spacial score (nSPS) is 17.4. The van der Waals surface area contributed by atoms with Crippen molar-refractivity contribution in [2.45, 2.75) is 25.8 Å². The topological polar surface area (TPSA) is 80.7 Å².